The molecule has 28 heavy (non-hydrogen) atoms. The van der Waals surface area contributed by atoms with Gasteiger partial charge in [-0.15, -0.1) is 0 Å². The fourth-order valence-corrected chi connectivity index (χ4v) is 4.01. The molecule has 1 saturated heterocycles. The van der Waals surface area contributed by atoms with E-state index in [0.29, 0.717) is 0 Å². The molecule has 0 saturated carbocycles. The zero-order chi connectivity index (χ0) is 18.9. The molecule has 0 aliphatic carbocycles. The summed E-state index contributed by atoms with van der Waals surface area (Å²) in [6.07, 6.45) is 5.64. The normalized spacial score (nSPS) is 14.5. The second kappa shape index (κ2) is 7.28. The number of rotatable bonds is 3. The van der Waals surface area contributed by atoms with Gasteiger partial charge in [-0.1, -0.05) is 54.1 Å². The van der Waals surface area contributed by atoms with Crippen LogP contribution in [0.1, 0.15) is 19.3 Å². The van der Waals surface area contributed by atoms with Crippen molar-refractivity contribution in [2.75, 3.05) is 18.0 Å². The van der Waals surface area contributed by atoms with Crippen LogP contribution in [-0.4, -0.2) is 27.7 Å². The van der Waals surface area contributed by atoms with Crippen LogP contribution in [0.3, 0.4) is 0 Å². The highest BCUT2D eigenvalue weighted by molar-refractivity contribution is 6.30. The smallest absolute Gasteiger partial charge is 0.165 e. The largest absolute Gasteiger partial charge is 0.356 e. The van der Waals surface area contributed by atoms with Crippen molar-refractivity contribution < 1.29 is 0 Å². The van der Waals surface area contributed by atoms with Crippen molar-refractivity contribution in [2.45, 2.75) is 19.3 Å². The minimum Gasteiger partial charge on any atom is -0.356 e. The summed E-state index contributed by atoms with van der Waals surface area (Å²) < 4.78 is 1.99. The third kappa shape index (κ3) is 3.14. The molecule has 0 unspecified atom stereocenters. The summed E-state index contributed by atoms with van der Waals surface area (Å²) >= 11 is 6.08. The second-order valence-electron chi connectivity index (χ2n) is 7.21. The highest BCUT2D eigenvalue weighted by Crippen LogP contribution is 2.31. The van der Waals surface area contributed by atoms with Crippen LogP contribution in [0.25, 0.3) is 28.0 Å². The molecule has 140 valence electrons. The molecule has 1 aliphatic heterocycles. The van der Waals surface area contributed by atoms with E-state index in [1.54, 1.807) is 0 Å². The van der Waals surface area contributed by atoms with Gasteiger partial charge in [0.1, 0.15) is 5.82 Å². The van der Waals surface area contributed by atoms with E-state index >= 15 is 0 Å². The number of aromatic nitrogens is 3. The fraction of sp³-hybridized carbons (Fsp3) is 0.217. The molecule has 0 spiro atoms. The lowest BCUT2D eigenvalue weighted by Crippen LogP contribution is -2.31. The summed E-state index contributed by atoms with van der Waals surface area (Å²) in [5, 5.41) is 5.44. The van der Waals surface area contributed by atoms with Crippen LogP contribution in [0.15, 0.2) is 66.9 Å². The predicted molar refractivity (Wildman–Crippen MR) is 115 cm³/mol. The van der Waals surface area contributed by atoms with Gasteiger partial charge in [0, 0.05) is 35.3 Å². The molecule has 4 nitrogen and oxygen atoms in total. The van der Waals surface area contributed by atoms with Gasteiger partial charge in [-0.2, -0.15) is 9.61 Å². The third-order valence-corrected chi connectivity index (χ3v) is 5.61. The van der Waals surface area contributed by atoms with E-state index in [9.17, 15) is 0 Å². The molecule has 2 aromatic heterocycles. The third-order valence-electron chi connectivity index (χ3n) is 5.36. The van der Waals surface area contributed by atoms with Crippen LogP contribution < -0.4 is 4.90 Å². The Kier molecular flexibility index (Phi) is 4.49. The molecular formula is C23H21ClN4. The molecule has 1 fully saturated rings. The minimum absolute atomic E-state index is 0.729. The van der Waals surface area contributed by atoms with E-state index in [1.165, 1.54) is 19.3 Å². The van der Waals surface area contributed by atoms with Crippen LogP contribution in [0, 0.1) is 0 Å². The average Bonchev–Trinajstić information content (AvgIpc) is 3.19. The lowest BCUT2D eigenvalue weighted by Gasteiger charge is -2.29. The highest BCUT2D eigenvalue weighted by Gasteiger charge is 2.19. The van der Waals surface area contributed by atoms with Crippen molar-refractivity contribution in [3.8, 4) is 22.4 Å². The number of benzene rings is 2. The van der Waals surface area contributed by atoms with Gasteiger partial charge in [0.25, 0.3) is 0 Å². The SMILES string of the molecule is Clc1ccc(-c2cnn3c(N4CCCCC4)cc(-c4ccccc4)nc23)cc1. The van der Waals surface area contributed by atoms with E-state index < -0.39 is 0 Å². The quantitative estimate of drug-likeness (QED) is 0.451. The number of piperidine rings is 1. The molecular weight excluding hydrogens is 368 g/mol. The first-order chi connectivity index (χ1) is 13.8. The van der Waals surface area contributed by atoms with Crippen LogP contribution in [0.2, 0.25) is 5.02 Å². The first kappa shape index (κ1) is 17.3. The number of hydrogen-bond acceptors (Lipinski definition) is 3. The summed E-state index contributed by atoms with van der Waals surface area (Å²) in [6, 6.07) is 20.4. The van der Waals surface area contributed by atoms with Crippen LogP contribution in [0.4, 0.5) is 5.82 Å². The summed E-state index contributed by atoms with van der Waals surface area (Å²) in [6.45, 7) is 2.12. The zero-order valence-corrected chi connectivity index (χ0v) is 16.3. The lowest BCUT2D eigenvalue weighted by molar-refractivity contribution is 0.568. The van der Waals surface area contributed by atoms with E-state index in [4.69, 9.17) is 21.7 Å². The van der Waals surface area contributed by atoms with E-state index in [0.717, 1.165) is 52.0 Å². The molecule has 0 atom stereocenters. The highest BCUT2D eigenvalue weighted by atomic mass is 35.5. The number of anilines is 1. The second-order valence-corrected chi connectivity index (χ2v) is 7.65. The van der Waals surface area contributed by atoms with E-state index in [2.05, 4.69) is 35.2 Å². The van der Waals surface area contributed by atoms with Crippen LogP contribution in [0.5, 0.6) is 0 Å². The summed E-state index contributed by atoms with van der Waals surface area (Å²) in [4.78, 5) is 7.43. The van der Waals surface area contributed by atoms with Crippen molar-refractivity contribution in [2.24, 2.45) is 0 Å². The maximum atomic E-state index is 6.08. The monoisotopic (exact) mass is 388 g/mol. The van der Waals surface area contributed by atoms with Gasteiger partial charge >= 0.3 is 0 Å². The maximum absolute atomic E-state index is 6.08. The van der Waals surface area contributed by atoms with Crippen LogP contribution in [-0.2, 0) is 0 Å². The van der Waals surface area contributed by atoms with Crippen molar-refractivity contribution in [3.05, 3.63) is 71.9 Å². The first-order valence-corrected chi connectivity index (χ1v) is 10.1. The van der Waals surface area contributed by atoms with Crippen molar-refractivity contribution >= 4 is 23.1 Å². The Hall–Kier alpha value is -2.85. The van der Waals surface area contributed by atoms with Gasteiger partial charge in [-0.3, -0.25) is 0 Å². The van der Waals surface area contributed by atoms with Crippen molar-refractivity contribution in [1.82, 2.24) is 14.6 Å². The molecule has 5 rings (SSSR count). The minimum atomic E-state index is 0.729. The number of halogens is 1. The van der Waals surface area contributed by atoms with Crippen molar-refractivity contribution in [1.29, 1.82) is 0 Å². The summed E-state index contributed by atoms with van der Waals surface area (Å²) in [5.74, 6) is 1.11. The number of hydrogen-bond donors (Lipinski definition) is 0. The molecule has 0 radical (unpaired) electrons. The van der Waals surface area contributed by atoms with Crippen LogP contribution >= 0.6 is 11.6 Å². The number of nitrogens with zero attached hydrogens (tertiary/aromatic N) is 4. The first-order valence-electron chi connectivity index (χ1n) is 9.75. The number of fused-ring (bicyclic) bond motifs is 1. The van der Waals surface area contributed by atoms with Gasteiger partial charge in [0.15, 0.2) is 5.65 Å². The lowest BCUT2D eigenvalue weighted by atomic mass is 10.1. The fourth-order valence-electron chi connectivity index (χ4n) is 3.89. The summed E-state index contributed by atoms with van der Waals surface area (Å²) in [5.41, 5.74) is 5.06. The Morgan fingerprint density at radius 3 is 2.32 bits per heavy atom. The zero-order valence-electron chi connectivity index (χ0n) is 15.6. The van der Waals surface area contributed by atoms with Gasteiger partial charge in [-0.05, 0) is 37.0 Å². The Bertz CT molecular complexity index is 1100. The molecule has 4 aromatic rings. The summed E-state index contributed by atoms with van der Waals surface area (Å²) in [7, 11) is 0. The van der Waals surface area contributed by atoms with Crippen molar-refractivity contribution in [3.63, 3.8) is 0 Å². The Morgan fingerprint density at radius 1 is 0.821 bits per heavy atom. The molecule has 0 amide bonds. The van der Waals surface area contributed by atoms with Gasteiger partial charge in [0.05, 0.1) is 11.9 Å². The average molecular weight is 389 g/mol. The topological polar surface area (TPSA) is 33.4 Å². The Balaban J connectivity index is 1.72. The Morgan fingerprint density at radius 2 is 1.57 bits per heavy atom. The molecule has 3 heterocycles. The molecule has 2 aromatic carbocycles. The van der Waals surface area contributed by atoms with E-state index in [1.807, 2.05) is 41.0 Å². The Labute approximate surface area is 169 Å². The van der Waals surface area contributed by atoms with Gasteiger partial charge in [0.2, 0.25) is 0 Å². The molecule has 0 N–H and O–H groups in total. The van der Waals surface area contributed by atoms with Gasteiger partial charge < -0.3 is 4.90 Å². The molecule has 5 heteroatoms. The standard InChI is InChI=1S/C23H21ClN4/c24-19-11-9-17(10-12-19)20-16-25-28-22(27-13-5-2-6-14-27)15-21(26-23(20)28)18-7-3-1-4-8-18/h1,3-4,7-12,15-16H,2,5-6,13-14H2. The van der Waals surface area contributed by atoms with Gasteiger partial charge in [-0.25, -0.2) is 4.98 Å². The van der Waals surface area contributed by atoms with E-state index in [-0.39, 0.29) is 0 Å². The predicted octanol–water partition coefficient (Wildman–Crippen LogP) is 5.71. The molecule has 0 bridgehead atoms. The maximum Gasteiger partial charge on any atom is 0.165 e. The molecule has 1 aliphatic rings.